The topological polar surface area (TPSA) is 139 Å². The summed E-state index contributed by atoms with van der Waals surface area (Å²) < 4.78 is 34.4. The number of nitro benzene ring substituents is 1. The molecule has 246 valence electrons. The van der Waals surface area contributed by atoms with Gasteiger partial charge in [-0.25, -0.2) is 8.42 Å². The Labute approximate surface area is 278 Å². The van der Waals surface area contributed by atoms with Crippen molar-refractivity contribution in [3.05, 3.63) is 92.0 Å². The van der Waals surface area contributed by atoms with E-state index >= 15 is 0 Å². The van der Waals surface area contributed by atoms with Crippen molar-refractivity contribution in [2.45, 2.75) is 69.5 Å². The number of nitrogens with zero attached hydrogens (tertiary/aromatic N) is 3. The van der Waals surface area contributed by atoms with Crippen molar-refractivity contribution in [3.8, 4) is 5.75 Å². The summed E-state index contributed by atoms with van der Waals surface area (Å²) in [6.07, 6.45) is 3.92. The molecule has 0 aromatic heterocycles. The van der Waals surface area contributed by atoms with E-state index in [-0.39, 0.29) is 51.8 Å². The highest BCUT2D eigenvalue weighted by Gasteiger charge is 2.35. The molecule has 4 rings (SSSR count). The number of hydrogen-bond acceptors (Lipinski definition) is 7. The van der Waals surface area contributed by atoms with Gasteiger partial charge in [0, 0.05) is 34.3 Å². The molecule has 1 aliphatic rings. The van der Waals surface area contributed by atoms with Crippen molar-refractivity contribution in [1.29, 1.82) is 0 Å². The van der Waals surface area contributed by atoms with E-state index in [0.29, 0.717) is 16.3 Å². The molecule has 46 heavy (non-hydrogen) atoms. The van der Waals surface area contributed by atoms with Crippen LogP contribution in [0.1, 0.15) is 50.2 Å². The molecule has 1 aliphatic carbocycles. The van der Waals surface area contributed by atoms with Crippen LogP contribution in [0.15, 0.2) is 65.6 Å². The summed E-state index contributed by atoms with van der Waals surface area (Å²) >= 11 is 12.6. The van der Waals surface area contributed by atoms with Gasteiger partial charge in [0.1, 0.15) is 18.3 Å². The van der Waals surface area contributed by atoms with Crippen LogP contribution in [-0.4, -0.2) is 55.8 Å². The second-order valence-corrected chi connectivity index (χ2v) is 13.8. The Kier molecular flexibility index (Phi) is 11.5. The van der Waals surface area contributed by atoms with E-state index in [0.717, 1.165) is 36.1 Å². The van der Waals surface area contributed by atoms with Crippen LogP contribution in [-0.2, 0) is 26.2 Å². The Morgan fingerprint density at radius 1 is 1.07 bits per heavy atom. The standard InChI is InChI=1S/C32H36Cl2N4O7S/c1-4-29(32(40)35-24-7-5-6-8-24)36(19-22-10-11-23(33)17-28(22)34)31(39)20-37(25-12-14-26(45-3)15-13-25)46(43,44)27-16-9-21(2)30(18-27)38(41)42/h9-18,24,29H,4-8,19-20H2,1-3H3,(H,35,40). The van der Waals surface area contributed by atoms with Crippen molar-refractivity contribution in [3.63, 3.8) is 0 Å². The lowest BCUT2D eigenvalue weighted by molar-refractivity contribution is -0.385. The molecule has 1 unspecified atom stereocenters. The van der Waals surface area contributed by atoms with Gasteiger partial charge >= 0.3 is 0 Å². The van der Waals surface area contributed by atoms with Gasteiger partial charge in [-0.2, -0.15) is 0 Å². The maximum absolute atomic E-state index is 14.3. The van der Waals surface area contributed by atoms with Crippen LogP contribution in [0.25, 0.3) is 0 Å². The van der Waals surface area contributed by atoms with Crippen molar-refractivity contribution in [2.24, 2.45) is 0 Å². The minimum atomic E-state index is -4.54. The number of anilines is 1. The molecule has 0 saturated heterocycles. The molecule has 0 spiro atoms. The first-order valence-corrected chi connectivity index (χ1v) is 17.0. The van der Waals surface area contributed by atoms with E-state index in [2.05, 4.69) is 5.32 Å². The molecule has 14 heteroatoms. The van der Waals surface area contributed by atoms with Gasteiger partial charge in [0.2, 0.25) is 11.8 Å². The highest BCUT2D eigenvalue weighted by Crippen LogP contribution is 2.30. The van der Waals surface area contributed by atoms with E-state index in [9.17, 15) is 28.1 Å². The molecular weight excluding hydrogens is 655 g/mol. The lowest BCUT2D eigenvalue weighted by Crippen LogP contribution is -2.53. The molecule has 1 atom stereocenters. The number of methoxy groups -OCH3 is 1. The Hall–Kier alpha value is -3.87. The minimum Gasteiger partial charge on any atom is -0.497 e. The summed E-state index contributed by atoms with van der Waals surface area (Å²) in [7, 11) is -3.08. The Bertz CT molecular complexity index is 1700. The number of aryl methyl sites for hydroxylation is 1. The summed E-state index contributed by atoms with van der Waals surface area (Å²) in [4.78, 5) is 39.9. The second-order valence-electron chi connectivity index (χ2n) is 11.1. The highest BCUT2D eigenvalue weighted by molar-refractivity contribution is 7.92. The molecule has 0 radical (unpaired) electrons. The molecule has 11 nitrogen and oxygen atoms in total. The predicted octanol–water partition coefficient (Wildman–Crippen LogP) is 6.28. The number of benzene rings is 3. The van der Waals surface area contributed by atoms with Gasteiger partial charge in [0.15, 0.2) is 0 Å². The summed E-state index contributed by atoms with van der Waals surface area (Å²) in [6.45, 7) is 2.46. The highest BCUT2D eigenvalue weighted by atomic mass is 35.5. The summed E-state index contributed by atoms with van der Waals surface area (Å²) in [5.74, 6) is -0.576. The molecule has 0 heterocycles. The van der Waals surface area contributed by atoms with Crippen LogP contribution in [0.4, 0.5) is 11.4 Å². The number of hydrogen-bond donors (Lipinski definition) is 1. The Balaban J connectivity index is 1.78. The number of ether oxygens (including phenoxy) is 1. The summed E-state index contributed by atoms with van der Waals surface area (Å²) in [6, 6.07) is 13.4. The summed E-state index contributed by atoms with van der Waals surface area (Å²) in [5.41, 5.74) is 0.529. The van der Waals surface area contributed by atoms with Gasteiger partial charge in [-0.05, 0) is 74.2 Å². The average molecular weight is 692 g/mol. The number of halogens is 2. The molecule has 1 saturated carbocycles. The van der Waals surface area contributed by atoms with Gasteiger partial charge in [0.25, 0.3) is 15.7 Å². The first kappa shape index (κ1) is 35.0. The number of carbonyl (C=O) groups is 2. The fourth-order valence-electron chi connectivity index (χ4n) is 5.47. The van der Waals surface area contributed by atoms with Gasteiger partial charge < -0.3 is 15.0 Å². The quantitative estimate of drug-likeness (QED) is 0.164. The van der Waals surface area contributed by atoms with Gasteiger partial charge in [-0.3, -0.25) is 24.0 Å². The molecule has 0 aliphatic heterocycles. The zero-order valence-corrected chi connectivity index (χ0v) is 28.1. The number of rotatable bonds is 13. The van der Waals surface area contributed by atoms with Crippen molar-refractivity contribution >= 4 is 56.4 Å². The van der Waals surface area contributed by atoms with Crippen LogP contribution in [0, 0.1) is 17.0 Å². The predicted molar refractivity (Wildman–Crippen MR) is 177 cm³/mol. The molecule has 3 aromatic carbocycles. The van der Waals surface area contributed by atoms with E-state index in [4.69, 9.17) is 27.9 Å². The third-order valence-corrected chi connectivity index (χ3v) is 10.4. The molecule has 1 N–H and O–H groups in total. The Morgan fingerprint density at radius 2 is 1.74 bits per heavy atom. The number of nitro groups is 1. The molecular formula is C32H36Cl2N4O7S. The largest absolute Gasteiger partial charge is 0.497 e. The smallest absolute Gasteiger partial charge is 0.273 e. The average Bonchev–Trinajstić information content (AvgIpc) is 3.53. The molecule has 0 bridgehead atoms. The first-order chi connectivity index (χ1) is 21.8. The van der Waals surface area contributed by atoms with Crippen molar-refractivity contribution in [1.82, 2.24) is 10.2 Å². The van der Waals surface area contributed by atoms with Gasteiger partial charge in [-0.1, -0.05) is 55.1 Å². The maximum atomic E-state index is 14.3. The number of nitrogens with one attached hydrogen (secondary N) is 1. The first-order valence-electron chi connectivity index (χ1n) is 14.8. The number of sulfonamides is 1. The van der Waals surface area contributed by atoms with Crippen LogP contribution < -0.4 is 14.4 Å². The molecule has 1 fully saturated rings. The third kappa shape index (κ3) is 8.09. The molecule has 2 amide bonds. The summed E-state index contributed by atoms with van der Waals surface area (Å²) in [5, 5.41) is 15.4. The fourth-order valence-corrected chi connectivity index (χ4v) is 7.37. The van der Waals surface area contributed by atoms with E-state index in [1.165, 1.54) is 61.4 Å². The van der Waals surface area contributed by atoms with Crippen LogP contribution >= 0.6 is 23.2 Å². The monoisotopic (exact) mass is 690 g/mol. The normalized spacial score (nSPS) is 14.0. The van der Waals surface area contributed by atoms with Crippen LogP contribution in [0.5, 0.6) is 5.75 Å². The number of amides is 2. The third-order valence-electron chi connectivity index (χ3n) is 8.05. The SMILES string of the molecule is CCC(C(=O)NC1CCCC1)N(Cc1ccc(Cl)cc1Cl)C(=O)CN(c1ccc(OC)cc1)S(=O)(=O)c1ccc(C)c([N+](=O)[O-])c1. The maximum Gasteiger partial charge on any atom is 0.273 e. The van der Waals surface area contributed by atoms with Crippen molar-refractivity contribution in [2.75, 3.05) is 18.0 Å². The second kappa shape index (κ2) is 15.1. The van der Waals surface area contributed by atoms with Crippen molar-refractivity contribution < 1.29 is 27.7 Å². The lowest BCUT2D eigenvalue weighted by Gasteiger charge is -2.34. The zero-order valence-electron chi connectivity index (χ0n) is 25.7. The van der Waals surface area contributed by atoms with E-state index in [1.54, 1.807) is 19.1 Å². The Morgan fingerprint density at radius 3 is 2.33 bits per heavy atom. The molecule has 3 aromatic rings. The zero-order chi connectivity index (χ0) is 33.6. The van der Waals surface area contributed by atoms with Gasteiger partial charge in [-0.15, -0.1) is 0 Å². The van der Waals surface area contributed by atoms with Gasteiger partial charge in [0.05, 0.1) is 22.6 Å². The van der Waals surface area contributed by atoms with E-state index in [1.807, 2.05) is 0 Å². The van der Waals surface area contributed by atoms with Crippen LogP contribution in [0.3, 0.4) is 0 Å². The minimum absolute atomic E-state index is 0.00822. The number of carbonyl (C=O) groups excluding carboxylic acids is 2. The van der Waals surface area contributed by atoms with E-state index < -0.39 is 33.4 Å². The van der Waals surface area contributed by atoms with Crippen LogP contribution in [0.2, 0.25) is 10.0 Å². The fraction of sp³-hybridized carbons (Fsp3) is 0.375. The lowest BCUT2D eigenvalue weighted by atomic mass is 10.1.